The van der Waals surface area contributed by atoms with Crippen molar-refractivity contribution in [1.29, 1.82) is 0 Å². The summed E-state index contributed by atoms with van der Waals surface area (Å²) in [5.74, 6) is 1.07. The number of rotatable bonds is 3. The number of benzene rings is 1. The molecule has 0 radical (unpaired) electrons. The van der Waals surface area contributed by atoms with E-state index in [0.29, 0.717) is 6.10 Å². The molecule has 2 saturated heterocycles. The highest BCUT2D eigenvalue weighted by Crippen LogP contribution is 2.31. The van der Waals surface area contributed by atoms with E-state index in [-0.39, 0.29) is 0 Å². The quantitative estimate of drug-likeness (QED) is 0.846. The number of ether oxygens (including phenoxy) is 1. The van der Waals surface area contributed by atoms with Gasteiger partial charge < -0.3 is 19.4 Å². The first-order chi connectivity index (χ1) is 10.2. The first kappa shape index (κ1) is 14.7. The Kier molecular flexibility index (Phi) is 4.66. The molecule has 2 fully saturated rings. The first-order valence-electron chi connectivity index (χ1n) is 8.10. The highest BCUT2D eigenvalue weighted by molar-refractivity contribution is 5.58. The normalized spacial score (nSPS) is 22.5. The van der Waals surface area contributed by atoms with Gasteiger partial charge in [0, 0.05) is 39.3 Å². The molecule has 2 heterocycles. The van der Waals surface area contributed by atoms with Gasteiger partial charge >= 0.3 is 0 Å². The van der Waals surface area contributed by atoms with Gasteiger partial charge in [-0.25, -0.2) is 0 Å². The van der Waals surface area contributed by atoms with Crippen molar-refractivity contribution in [2.75, 3.05) is 58.3 Å². The van der Waals surface area contributed by atoms with Crippen LogP contribution < -0.4 is 9.64 Å². The molecular weight excluding hydrogens is 262 g/mol. The summed E-state index contributed by atoms with van der Waals surface area (Å²) in [7, 11) is 4.38. The zero-order valence-corrected chi connectivity index (χ0v) is 13.3. The molecule has 0 bridgehead atoms. The van der Waals surface area contributed by atoms with Crippen LogP contribution in [0.1, 0.15) is 12.8 Å². The lowest BCUT2D eigenvalue weighted by atomic mass is 10.1. The Balaban J connectivity index is 1.67. The van der Waals surface area contributed by atoms with Crippen LogP contribution in [0.15, 0.2) is 24.3 Å². The monoisotopic (exact) mass is 289 g/mol. The van der Waals surface area contributed by atoms with E-state index < -0.39 is 0 Å². The predicted octanol–water partition coefficient (Wildman–Crippen LogP) is 1.91. The molecule has 0 aromatic heterocycles. The van der Waals surface area contributed by atoms with Gasteiger partial charge in [0.25, 0.3) is 0 Å². The van der Waals surface area contributed by atoms with Gasteiger partial charge in [-0.05, 0) is 39.1 Å². The van der Waals surface area contributed by atoms with Crippen LogP contribution >= 0.6 is 0 Å². The fraction of sp³-hybridized carbons (Fsp3) is 0.647. The third-order valence-electron chi connectivity index (χ3n) is 4.67. The summed E-state index contributed by atoms with van der Waals surface area (Å²) in [5.41, 5.74) is 1.27. The van der Waals surface area contributed by atoms with Gasteiger partial charge in [-0.1, -0.05) is 12.1 Å². The number of hydrogen-bond donors (Lipinski definition) is 0. The van der Waals surface area contributed by atoms with Crippen LogP contribution in [-0.4, -0.2) is 69.3 Å². The molecule has 21 heavy (non-hydrogen) atoms. The van der Waals surface area contributed by atoms with Crippen LogP contribution in [0.25, 0.3) is 0 Å². The molecule has 1 aromatic carbocycles. The summed E-state index contributed by atoms with van der Waals surface area (Å²) >= 11 is 0. The number of likely N-dealkylation sites (tertiary alicyclic amines) is 1. The lowest BCUT2D eigenvalue weighted by molar-refractivity contribution is 0.114. The molecule has 3 rings (SSSR count). The lowest BCUT2D eigenvalue weighted by Crippen LogP contribution is -2.44. The molecule has 0 N–H and O–H groups in total. The fourth-order valence-electron chi connectivity index (χ4n) is 3.15. The Bertz CT molecular complexity index is 449. The van der Waals surface area contributed by atoms with Crippen LogP contribution in [0.3, 0.4) is 0 Å². The van der Waals surface area contributed by atoms with E-state index in [1.807, 2.05) is 0 Å². The Morgan fingerprint density at radius 3 is 2.19 bits per heavy atom. The molecule has 0 unspecified atom stereocenters. The number of piperidine rings is 1. The maximum Gasteiger partial charge on any atom is 0.143 e. The Morgan fingerprint density at radius 1 is 0.857 bits per heavy atom. The SMILES string of the molecule is CN1CCC(Oc2ccccc2N2CCN(C)CC2)CC1. The van der Waals surface area contributed by atoms with Gasteiger partial charge in [0.15, 0.2) is 0 Å². The van der Waals surface area contributed by atoms with Crippen LogP contribution in [-0.2, 0) is 0 Å². The number of hydrogen-bond acceptors (Lipinski definition) is 4. The minimum Gasteiger partial charge on any atom is -0.488 e. The number of likely N-dealkylation sites (N-methyl/N-ethyl adjacent to an activating group) is 1. The Labute approximate surface area is 128 Å². The maximum absolute atomic E-state index is 6.33. The van der Waals surface area contributed by atoms with Crippen molar-refractivity contribution < 1.29 is 4.74 Å². The molecular formula is C17H27N3O. The zero-order valence-electron chi connectivity index (χ0n) is 13.3. The van der Waals surface area contributed by atoms with E-state index in [1.54, 1.807) is 0 Å². The van der Waals surface area contributed by atoms with Crippen molar-refractivity contribution in [3.05, 3.63) is 24.3 Å². The molecule has 0 spiro atoms. The van der Waals surface area contributed by atoms with Crippen LogP contribution in [0.5, 0.6) is 5.75 Å². The molecule has 2 aliphatic rings. The number of anilines is 1. The highest BCUT2D eigenvalue weighted by Gasteiger charge is 2.21. The fourth-order valence-corrected chi connectivity index (χ4v) is 3.15. The van der Waals surface area contributed by atoms with Crippen molar-refractivity contribution in [2.45, 2.75) is 18.9 Å². The van der Waals surface area contributed by atoms with Gasteiger partial charge in [0.05, 0.1) is 5.69 Å². The number of piperazine rings is 1. The van der Waals surface area contributed by atoms with E-state index in [2.05, 4.69) is 53.1 Å². The predicted molar refractivity (Wildman–Crippen MR) is 87.3 cm³/mol. The molecule has 0 amide bonds. The van der Waals surface area contributed by atoms with Crippen molar-refractivity contribution in [3.8, 4) is 5.75 Å². The second-order valence-electron chi connectivity index (χ2n) is 6.38. The number of nitrogens with zero attached hydrogens (tertiary/aromatic N) is 3. The zero-order chi connectivity index (χ0) is 14.7. The van der Waals surface area contributed by atoms with Crippen LogP contribution in [0.2, 0.25) is 0 Å². The summed E-state index contributed by atoms with van der Waals surface area (Å²) in [4.78, 5) is 7.23. The largest absolute Gasteiger partial charge is 0.488 e. The molecule has 116 valence electrons. The molecule has 1 aromatic rings. The molecule has 0 aliphatic carbocycles. The van der Waals surface area contributed by atoms with Gasteiger partial charge in [-0.2, -0.15) is 0 Å². The Hall–Kier alpha value is -1.26. The van der Waals surface area contributed by atoms with E-state index in [4.69, 9.17) is 4.74 Å². The maximum atomic E-state index is 6.33. The topological polar surface area (TPSA) is 19.0 Å². The lowest BCUT2D eigenvalue weighted by Gasteiger charge is -2.36. The van der Waals surface area contributed by atoms with Crippen molar-refractivity contribution in [1.82, 2.24) is 9.80 Å². The summed E-state index contributed by atoms with van der Waals surface area (Å²) in [6.07, 6.45) is 2.64. The third kappa shape index (κ3) is 3.69. The van der Waals surface area contributed by atoms with Gasteiger partial charge in [0.2, 0.25) is 0 Å². The third-order valence-corrected chi connectivity index (χ3v) is 4.67. The standard InChI is InChI=1S/C17H27N3O/c1-18-9-7-15(8-10-18)21-17-6-4-3-5-16(17)20-13-11-19(2)12-14-20/h3-6,15H,7-14H2,1-2H3. The summed E-state index contributed by atoms with van der Waals surface area (Å²) in [6.45, 7) is 6.71. The highest BCUT2D eigenvalue weighted by atomic mass is 16.5. The Morgan fingerprint density at radius 2 is 1.48 bits per heavy atom. The van der Waals surface area contributed by atoms with Crippen molar-refractivity contribution >= 4 is 5.69 Å². The molecule has 4 heteroatoms. The summed E-state index contributed by atoms with van der Waals surface area (Å²) in [5, 5.41) is 0. The summed E-state index contributed by atoms with van der Waals surface area (Å²) < 4.78 is 6.33. The minimum absolute atomic E-state index is 0.370. The second kappa shape index (κ2) is 6.67. The van der Waals surface area contributed by atoms with Crippen molar-refractivity contribution in [2.24, 2.45) is 0 Å². The average Bonchev–Trinajstić information content (AvgIpc) is 2.51. The van der Waals surface area contributed by atoms with Crippen LogP contribution in [0.4, 0.5) is 5.69 Å². The number of para-hydroxylation sites is 2. The van der Waals surface area contributed by atoms with E-state index in [9.17, 15) is 0 Å². The van der Waals surface area contributed by atoms with Crippen molar-refractivity contribution in [3.63, 3.8) is 0 Å². The molecule has 2 aliphatic heterocycles. The minimum atomic E-state index is 0.370. The molecule has 4 nitrogen and oxygen atoms in total. The second-order valence-corrected chi connectivity index (χ2v) is 6.38. The average molecular weight is 289 g/mol. The molecule has 0 atom stereocenters. The molecule has 0 saturated carbocycles. The van der Waals surface area contributed by atoms with E-state index in [1.165, 1.54) is 5.69 Å². The van der Waals surface area contributed by atoms with Crippen LogP contribution in [0, 0.1) is 0 Å². The smallest absolute Gasteiger partial charge is 0.143 e. The van der Waals surface area contributed by atoms with E-state index in [0.717, 1.165) is 57.9 Å². The summed E-state index contributed by atoms with van der Waals surface area (Å²) in [6, 6.07) is 8.54. The van der Waals surface area contributed by atoms with Gasteiger partial charge in [-0.3, -0.25) is 0 Å². The van der Waals surface area contributed by atoms with Gasteiger partial charge in [-0.15, -0.1) is 0 Å². The van der Waals surface area contributed by atoms with E-state index >= 15 is 0 Å². The van der Waals surface area contributed by atoms with Gasteiger partial charge in [0.1, 0.15) is 11.9 Å². The first-order valence-corrected chi connectivity index (χ1v) is 8.10.